The molecule has 2 aromatic rings. The third-order valence-corrected chi connectivity index (χ3v) is 5.24. The first-order valence-corrected chi connectivity index (χ1v) is 10.6. The fraction of sp³-hybridized carbons (Fsp3) is 0.364. The van der Waals surface area contributed by atoms with E-state index in [9.17, 15) is 4.79 Å². The SMILES string of the molecule is CCNC(=NCC1CC(=O)Nc2ccccc21)NCCCc1cccc(Br)c1. The van der Waals surface area contributed by atoms with E-state index in [2.05, 4.69) is 63.1 Å². The van der Waals surface area contributed by atoms with Gasteiger partial charge >= 0.3 is 0 Å². The highest BCUT2D eigenvalue weighted by atomic mass is 79.9. The maximum absolute atomic E-state index is 12.0. The number of hydrogen-bond donors (Lipinski definition) is 3. The maximum atomic E-state index is 12.0. The molecule has 0 aliphatic carbocycles. The van der Waals surface area contributed by atoms with Crippen molar-refractivity contribution >= 4 is 33.5 Å². The summed E-state index contributed by atoms with van der Waals surface area (Å²) in [5, 5.41) is 9.64. The predicted molar refractivity (Wildman–Crippen MR) is 119 cm³/mol. The molecule has 0 aromatic heterocycles. The largest absolute Gasteiger partial charge is 0.357 e. The Morgan fingerprint density at radius 2 is 2.07 bits per heavy atom. The smallest absolute Gasteiger partial charge is 0.225 e. The Kier molecular flexibility index (Phi) is 7.48. The molecule has 2 aromatic carbocycles. The van der Waals surface area contributed by atoms with Gasteiger partial charge in [-0.3, -0.25) is 9.79 Å². The van der Waals surface area contributed by atoms with Gasteiger partial charge in [0.25, 0.3) is 0 Å². The second-order valence-corrected chi connectivity index (χ2v) is 7.83. The zero-order valence-electron chi connectivity index (χ0n) is 16.2. The summed E-state index contributed by atoms with van der Waals surface area (Å²) < 4.78 is 1.12. The second kappa shape index (κ2) is 10.3. The number of anilines is 1. The van der Waals surface area contributed by atoms with Gasteiger partial charge in [-0.05, 0) is 49.1 Å². The molecule has 0 saturated carbocycles. The average molecular weight is 443 g/mol. The highest BCUT2D eigenvalue weighted by Gasteiger charge is 2.24. The van der Waals surface area contributed by atoms with Gasteiger partial charge in [-0.25, -0.2) is 0 Å². The van der Waals surface area contributed by atoms with Gasteiger partial charge in [-0.2, -0.15) is 0 Å². The third kappa shape index (κ3) is 5.83. The number of carbonyl (C=O) groups excluding carboxylic acids is 1. The predicted octanol–water partition coefficient (Wildman–Crippen LogP) is 4.06. The van der Waals surface area contributed by atoms with E-state index in [1.807, 2.05) is 24.3 Å². The molecule has 0 bridgehead atoms. The first-order chi connectivity index (χ1) is 13.7. The minimum atomic E-state index is 0.0610. The third-order valence-electron chi connectivity index (χ3n) is 4.74. The minimum absolute atomic E-state index is 0.0610. The minimum Gasteiger partial charge on any atom is -0.357 e. The number of fused-ring (bicyclic) bond motifs is 1. The van der Waals surface area contributed by atoms with Crippen molar-refractivity contribution in [3.63, 3.8) is 0 Å². The van der Waals surface area contributed by atoms with Crippen LogP contribution in [-0.2, 0) is 11.2 Å². The van der Waals surface area contributed by atoms with Crippen molar-refractivity contribution < 1.29 is 4.79 Å². The Morgan fingerprint density at radius 1 is 1.21 bits per heavy atom. The molecule has 28 heavy (non-hydrogen) atoms. The molecule has 0 radical (unpaired) electrons. The molecule has 6 heteroatoms. The molecule has 0 spiro atoms. The van der Waals surface area contributed by atoms with Gasteiger partial charge in [0.05, 0.1) is 6.54 Å². The molecule has 1 unspecified atom stereocenters. The molecule has 1 aliphatic rings. The highest BCUT2D eigenvalue weighted by Crippen LogP contribution is 2.31. The van der Waals surface area contributed by atoms with Crippen LogP contribution in [0.4, 0.5) is 5.69 Å². The Hall–Kier alpha value is -2.34. The van der Waals surface area contributed by atoms with Gasteiger partial charge in [-0.15, -0.1) is 0 Å². The lowest BCUT2D eigenvalue weighted by molar-refractivity contribution is -0.116. The van der Waals surface area contributed by atoms with Crippen LogP contribution in [0, 0.1) is 0 Å². The number of para-hydroxylation sites is 1. The molecule has 0 fully saturated rings. The van der Waals surface area contributed by atoms with Gasteiger partial charge < -0.3 is 16.0 Å². The van der Waals surface area contributed by atoms with Gasteiger partial charge in [0.2, 0.25) is 5.91 Å². The number of rotatable bonds is 7. The van der Waals surface area contributed by atoms with Gasteiger partial charge in [0.1, 0.15) is 0 Å². The quantitative estimate of drug-likeness (QED) is 0.344. The Morgan fingerprint density at radius 3 is 2.89 bits per heavy atom. The standard InChI is InChI=1S/C22H27BrN4O/c1-2-24-22(25-12-6-8-16-7-5-9-18(23)13-16)26-15-17-14-21(28)27-20-11-4-3-10-19(17)20/h3-5,7,9-11,13,17H,2,6,8,12,14-15H2,1H3,(H,27,28)(H2,24,25,26). The normalized spacial score (nSPS) is 16.3. The van der Waals surface area contributed by atoms with E-state index in [0.717, 1.165) is 47.6 Å². The number of nitrogens with one attached hydrogen (secondary N) is 3. The molecule has 148 valence electrons. The Bertz CT molecular complexity index is 837. The summed E-state index contributed by atoms with van der Waals surface area (Å²) >= 11 is 3.52. The zero-order chi connectivity index (χ0) is 19.8. The summed E-state index contributed by atoms with van der Waals surface area (Å²) in [5.41, 5.74) is 3.39. The van der Waals surface area contributed by atoms with E-state index in [1.54, 1.807) is 0 Å². The van der Waals surface area contributed by atoms with Gasteiger partial charge in [-0.1, -0.05) is 46.3 Å². The monoisotopic (exact) mass is 442 g/mol. The number of amides is 1. The van der Waals surface area contributed by atoms with Crippen molar-refractivity contribution in [1.29, 1.82) is 0 Å². The number of halogens is 1. The van der Waals surface area contributed by atoms with Gasteiger partial charge in [0, 0.05) is 35.6 Å². The van der Waals surface area contributed by atoms with Crippen molar-refractivity contribution in [2.24, 2.45) is 4.99 Å². The lowest BCUT2D eigenvalue weighted by atomic mass is 9.91. The number of aryl methyl sites for hydroxylation is 1. The van der Waals surface area contributed by atoms with Crippen LogP contribution in [0.1, 0.15) is 36.8 Å². The number of nitrogens with zero attached hydrogens (tertiary/aromatic N) is 1. The molecule has 1 amide bonds. The molecule has 3 N–H and O–H groups in total. The van der Waals surface area contributed by atoms with E-state index in [-0.39, 0.29) is 11.8 Å². The van der Waals surface area contributed by atoms with Crippen LogP contribution in [-0.4, -0.2) is 31.5 Å². The molecule has 1 atom stereocenters. The number of benzene rings is 2. The molecule has 1 heterocycles. The first-order valence-electron chi connectivity index (χ1n) is 9.81. The van der Waals surface area contributed by atoms with E-state index < -0.39 is 0 Å². The maximum Gasteiger partial charge on any atom is 0.225 e. The van der Waals surface area contributed by atoms with Crippen LogP contribution in [0.5, 0.6) is 0 Å². The topological polar surface area (TPSA) is 65.5 Å². The van der Waals surface area contributed by atoms with Crippen molar-refractivity contribution in [1.82, 2.24) is 10.6 Å². The lowest BCUT2D eigenvalue weighted by Gasteiger charge is -2.24. The van der Waals surface area contributed by atoms with Crippen LogP contribution in [0.15, 0.2) is 58.0 Å². The number of aliphatic imine (C=N–C) groups is 1. The van der Waals surface area contributed by atoms with Gasteiger partial charge in [0.15, 0.2) is 5.96 Å². The number of guanidine groups is 1. The lowest BCUT2D eigenvalue weighted by Crippen LogP contribution is -2.38. The molecule has 5 nitrogen and oxygen atoms in total. The summed E-state index contributed by atoms with van der Waals surface area (Å²) in [7, 11) is 0. The second-order valence-electron chi connectivity index (χ2n) is 6.92. The summed E-state index contributed by atoms with van der Waals surface area (Å²) in [6, 6.07) is 16.4. The summed E-state index contributed by atoms with van der Waals surface area (Å²) in [4.78, 5) is 16.7. The van der Waals surface area contributed by atoms with E-state index in [4.69, 9.17) is 4.99 Å². The van der Waals surface area contributed by atoms with Crippen LogP contribution >= 0.6 is 15.9 Å². The molecule has 1 aliphatic heterocycles. The van der Waals surface area contributed by atoms with E-state index in [1.165, 1.54) is 5.56 Å². The van der Waals surface area contributed by atoms with E-state index >= 15 is 0 Å². The molecular formula is C22H27BrN4O. The zero-order valence-corrected chi connectivity index (χ0v) is 17.8. The molecule has 0 saturated heterocycles. The summed E-state index contributed by atoms with van der Waals surface area (Å²) in [6.07, 6.45) is 2.51. The van der Waals surface area contributed by atoms with Crippen molar-refractivity contribution in [2.45, 2.75) is 32.1 Å². The van der Waals surface area contributed by atoms with Crippen molar-refractivity contribution in [3.05, 3.63) is 64.1 Å². The fourth-order valence-corrected chi connectivity index (χ4v) is 3.85. The van der Waals surface area contributed by atoms with Crippen LogP contribution in [0.3, 0.4) is 0 Å². The molecule has 3 rings (SSSR count). The Balaban J connectivity index is 1.55. The van der Waals surface area contributed by atoms with Crippen LogP contribution in [0.25, 0.3) is 0 Å². The summed E-state index contributed by atoms with van der Waals surface area (Å²) in [6.45, 7) is 4.30. The fourth-order valence-electron chi connectivity index (χ4n) is 3.40. The molecular weight excluding hydrogens is 416 g/mol. The van der Waals surface area contributed by atoms with E-state index in [0.29, 0.717) is 13.0 Å². The Labute approximate surface area is 175 Å². The average Bonchev–Trinajstić information content (AvgIpc) is 2.69. The van der Waals surface area contributed by atoms with Crippen molar-refractivity contribution in [3.8, 4) is 0 Å². The number of hydrogen-bond acceptors (Lipinski definition) is 2. The van der Waals surface area contributed by atoms with Crippen molar-refractivity contribution in [2.75, 3.05) is 25.0 Å². The number of carbonyl (C=O) groups is 1. The van der Waals surface area contributed by atoms with Crippen LogP contribution < -0.4 is 16.0 Å². The van der Waals surface area contributed by atoms with Crippen LogP contribution in [0.2, 0.25) is 0 Å². The highest BCUT2D eigenvalue weighted by molar-refractivity contribution is 9.10. The summed E-state index contributed by atoms with van der Waals surface area (Å²) in [5.74, 6) is 0.980. The first kappa shape index (κ1) is 20.4.